The van der Waals surface area contributed by atoms with Crippen LogP contribution in [0.5, 0.6) is 0 Å². The lowest BCUT2D eigenvalue weighted by Crippen LogP contribution is -2.36. The number of halogens is 2. The second kappa shape index (κ2) is 8.17. The number of thiazole rings is 1. The molecule has 0 saturated heterocycles. The Kier molecular flexibility index (Phi) is 6.43. The van der Waals surface area contributed by atoms with E-state index in [1.165, 1.54) is 11.3 Å². The summed E-state index contributed by atoms with van der Waals surface area (Å²) in [5.74, 6) is -0.306. The molecular weight excluding hydrogens is 381 g/mol. The fourth-order valence-corrected chi connectivity index (χ4v) is 3.00. The Bertz CT molecular complexity index is 784. The van der Waals surface area contributed by atoms with Gasteiger partial charge in [0.15, 0.2) is 5.13 Å². The minimum Gasteiger partial charge on any atom is -0.355 e. The number of hydrogen-bond acceptors (Lipinski definition) is 4. The maximum Gasteiger partial charge on any atom is 0.227 e. The van der Waals surface area contributed by atoms with Crippen molar-refractivity contribution in [3.8, 4) is 11.3 Å². The van der Waals surface area contributed by atoms with E-state index in [1.807, 2.05) is 20.8 Å². The van der Waals surface area contributed by atoms with Crippen molar-refractivity contribution in [2.24, 2.45) is 5.41 Å². The zero-order chi connectivity index (χ0) is 18.6. The quantitative estimate of drug-likeness (QED) is 0.770. The first kappa shape index (κ1) is 19.7. The predicted octanol–water partition coefficient (Wildman–Crippen LogP) is 4.61. The lowest BCUT2D eigenvalue weighted by molar-refractivity contribution is -0.128. The number of hydrogen-bond donors (Lipinski definition) is 2. The SMILES string of the molecule is CC(C)(C)C(=O)NCCC(=O)Nc1nc(-c2cc(Cl)ccc2Cl)cs1. The normalized spacial score (nSPS) is 11.2. The van der Waals surface area contributed by atoms with Crippen molar-refractivity contribution in [1.82, 2.24) is 10.3 Å². The third-order valence-electron chi connectivity index (χ3n) is 3.27. The molecule has 0 aliphatic rings. The second-order valence-corrected chi connectivity index (χ2v) is 8.17. The number of nitrogens with one attached hydrogen (secondary N) is 2. The van der Waals surface area contributed by atoms with E-state index in [2.05, 4.69) is 15.6 Å². The zero-order valence-electron chi connectivity index (χ0n) is 14.2. The lowest BCUT2D eigenvalue weighted by Gasteiger charge is -2.17. The topological polar surface area (TPSA) is 71.1 Å². The van der Waals surface area contributed by atoms with E-state index in [1.54, 1.807) is 23.6 Å². The molecular formula is C17H19Cl2N3O2S. The van der Waals surface area contributed by atoms with Crippen molar-refractivity contribution < 1.29 is 9.59 Å². The summed E-state index contributed by atoms with van der Waals surface area (Å²) in [6, 6.07) is 5.13. The molecule has 2 rings (SSSR count). The summed E-state index contributed by atoms with van der Waals surface area (Å²) in [7, 11) is 0. The second-order valence-electron chi connectivity index (χ2n) is 6.47. The van der Waals surface area contributed by atoms with E-state index in [9.17, 15) is 9.59 Å². The van der Waals surface area contributed by atoms with Gasteiger partial charge in [-0.05, 0) is 18.2 Å². The van der Waals surface area contributed by atoms with Crippen LogP contribution in [-0.2, 0) is 9.59 Å². The van der Waals surface area contributed by atoms with E-state index < -0.39 is 5.41 Å². The molecule has 0 aliphatic heterocycles. The van der Waals surface area contributed by atoms with E-state index in [0.29, 0.717) is 26.4 Å². The average Bonchev–Trinajstić information content (AvgIpc) is 2.96. The third kappa shape index (κ3) is 5.70. The Balaban J connectivity index is 1.92. The van der Waals surface area contributed by atoms with Gasteiger partial charge in [0.1, 0.15) is 0 Å². The van der Waals surface area contributed by atoms with Crippen LogP contribution in [0.4, 0.5) is 5.13 Å². The van der Waals surface area contributed by atoms with Crippen LogP contribution in [-0.4, -0.2) is 23.3 Å². The van der Waals surface area contributed by atoms with E-state index in [0.717, 1.165) is 0 Å². The first-order valence-electron chi connectivity index (χ1n) is 7.66. The van der Waals surface area contributed by atoms with E-state index in [4.69, 9.17) is 23.2 Å². The Morgan fingerprint density at radius 3 is 2.64 bits per heavy atom. The van der Waals surface area contributed by atoms with Crippen LogP contribution in [0.3, 0.4) is 0 Å². The van der Waals surface area contributed by atoms with Gasteiger partial charge in [-0.3, -0.25) is 9.59 Å². The van der Waals surface area contributed by atoms with Gasteiger partial charge >= 0.3 is 0 Å². The minimum atomic E-state index is -0.475. The summed E-state index contributed by atoms with van der Waals surface area (Å²) in [6.07, 6.45) is 0.175. The largest absolute Gasteiger partial charge is 0.355 e. The molecule has 0 aliphatic carbocycles. The molecule has 8 heteroatoms. The van der Waals surface area contributed by atoms with Crippen LogP contribution in [0.25, 0.3) is 11.3 Å². The molecule has 2 amide bonds. The van der Waals surface area contributed by atoms with Gasteiger partial charge in [-0.25, -0.2) is 4.98 Å². The van der Waals surface area contributed by atoms with Crippen LogP contribution >= 0.6 is 34.5 Å². The van der Waals surface area contributed by atoms with Gasteiger partial charge in [0, 0.05) is 34.3 Å². The summed E-state index contributed by atoms with van der Waals surface area (Å²) in [4.78, 5) is 28.1. The Labute approximate surface area is 160 Å². The first-order chi connectivity index (χ1) is 11.7. The number of rotatable bonds is 5. The molecule has 25 heavy (non-hydrogen) atoms. The molecule has 1 aromatic heterocycles. The summed E-state index contributed by atoms with van der Waals surface area (Å²) in [5, 5.41) is 8.83. The summed E-state index contributed by atoms with van der Waals surface area (Å²) < 4.78 is 0. The summed E-state index contributed by atoms with van der Waals surface area (Å²) in [5.41, 5.74) is 0.883. The van der Waals surface area contributed by atoms with Gasteiger partial charge in [0.05, 0.1) is 10.7 Å². The number of carbonyl (C=O) groups is 2. The van der Waals surface area contributed by atoms with Crippen LogP contribution in [0, 0.1) is 5.41 Å². The number of benzene rings is 1. The molecule has 0 unspecified atom stereocenters. The smallest absolute Gasteiger partial charge is 0.227 e. The van der Waals surface area contributed by atoms with Gasteiger partial charge in [0.25, 0.3) is 0 Å². The molecule has 1 heterocycles. The molecule has 0 bridgehead atoms. The Morgan fingerprint density at radius 1 is 1.24 bits per heavy atom. The average molecular weight is 400 g/mol. The fourth-order valence-electron chi connectivity index (χ4n) is 1.89. The van der Waals surface area contributed by atoms with Crippen LogP contribution in [0.1, 0.15) is 27.2 Å². The molecule has 0 saturated carbocycles. The molecule has 5 nitrogen and oxygen atoms in total. The number of carbonyl (C=O) groups excluding carboxylic acids is 2. The molecule has 0 fully saturated rings. The molecule has 2 N–H and O–H groups in total. The molecule has 134 valence electrons. The van der Waals surface area contributed by atoms with Gasteiger partial charge in [-0.1, -0.05) is 44.0 Å². The van der Waals surface area contributed by atoms with Crippen molar-refractivity contribution in [2.45, 2.75) is 27.2 Å². The highest BCUT2D eigenvalue weighted by atomic mass is 35.5. The summed E-state index contributed by atoms with van der Waals surface area (Å²) >= 11 is 13.4. The number of aromatic nitrogens is 1. The molecule has 0 atom stereocenters. The minimum absolute atomic E-state index is 0.0903. The predicted molar refractivity (Wildman–Crippen MR) is 103 cm³/mol. The van der Waals surface area contributed by atoms with Crippen LogP contribution < -0.4 is 10.6 Å². The number of nitrogens with zero attached hydrogens (tertiary/aromatic N) is 1. The van der Waals surface area contributed by atoms with Gasteiger partial charge in [0.2, 0.25) is 11.8 Å². The van der Waals surface area contributed by atoms with E-state index >= 15 is 0 Å². The van der Waals surface area contributed by atoms with Crippen molar-refractivity contribution in [1.29, 1.82) is 0 Å². The monoisotopic (exact) mass is 399 g/mol. The summed E-state index contributed by atoms with van der Waals surface area (Å²) in [6.45, 7) is 5.74. The maximum atomic E-state index is 12.0. The molecule has 0 radical (unpaired) electrons. The highest BCUT2D eigenvalue weighted by Crippen LogP contribution is 2.32. The highest BCUT2D eigenvalue weighted by molar-refractivity contribution is 7.14. The standard InChI is InChI=1S/C17H19Cl2N3O2S/c1-17(2,3)15(24)20-7-6-14(23)22-16-21-13(9-25-16)11-8-10(18)4-5-12(11)19/h4-5,8-9H,6-7H2,1-3H3,(H,20,24)(H,21,22,23). The number of amides is 2. The van der Waals surface area contributed by atoms with Crippen molar-refractivity contribution in [3.63, 3.8) is 0 Å². The van der Waals surface area contributed by atoms with Gasteiger partial charge < -0.3 is 10.6 Å². The van der Waals surface area contributed by atoms with Gasteiger partial charge in [-0.15, -0.1) is 11.3 Å². The third-order valence-corrected chi connectivity index (χ3v) is 4.60. The highest BCUT2D eigenvalue weighted by Gasteiger charge is 2.20. The van der Waals surface area contributed by atoms with E-state index in [-0.39, 0.29) is 24.8 Å². The van der Waals surface area contributed by atoms with Crippen LogP contribution in [0.15, 0.2) is 23.6 Å². The van der Waals surface area contributed by atoms with Crippen molar-refractivity contribution >= 4 is 51.5 Å². The Hall–Kier alpha value is -1.63. The van der Waals surface area contributed by atoms with Crippen LogP contribution in [0.2, 0.25) is 10.0 Å². The number of anilines is 1. The zero-order valence-corrected chi connectivity index (χ0v) is 16.5. The molecule has 0 spiro atoms. The van der Waals surface area contributed by atoms with Crippen molar-refractivity contribution in [3.05, 3.63) is 33.6 Å². The molecule has 2 aromatic rings. The molecule has 1 aromatic carbocycles. The lowest BCUT2D eigenvalue weighted by atomic mass is 9.96. The van der Waals surface area contributed by atoms with Crippen molar-refractivity contribution in [2.75, 3.05) is 11.9 Å². The maximum absolute atomic E-state index is 12.0. The first-order valence-corrected chi connectivity index (χ1v) is 9.29. The Morgan fingerprint density at radius 2 is 1.96 bits per heavy atom. The fraction of sp³-hybridized carbons (Fsp3) is 0.353. The van der Waals surface area contributed by atoms with Gasteiger partial charge in [-0.2, -0.15) is 0 Å².